The van der Waals surface area contributed by atoms with E-state index in [9.17, 15) is 18.0 Å². The maximum absolute atomic E-state index is 13.0. The van der Waals surface area contributed by atoms with Crippen molar-refractivity contribution in [2.75, 3.05) is 5.32 Å². The maximum atomic E-state index is 13.0. The molecular formula is C28H18ClF3N2O3. The number of benzene rings is 3. The fraction of sp³-hybridized carbons (Fsp3) is 0.0714. The van der Waals surface area contributed by atoms with Crippen molar-refractivity contribution in [3.05, 3.63) is 113 Å². The van der Waals surface area contributed by atoms with Gasteiger partial charge >= 0.3 is 6.18 Å². The molecule has 0 fully saturated rings. The van der Waals surface area contributed by atoms with Gasteiger partial charge in [0.15, 0.2) is 11.5 Å². The van der Waals surface area contributed by atoms with Gasteiger partial charge in [-0.25, -0.2) is 4.98 Å². The molecule has 1 amide bonds. The summed E-state index contributed by atoms with van der Waals surface area (Å²) in [5, 5.41) is 3.40. The summed E-state index contributed by atoms with van der Waals surface area (Å²) in [6.07, 6.45) is -1.24. The molecular weight excluding hydrogens is 505 g/mol. The van der Waals surface area contributed by atoms with Gasteiger partial charge in [0.2, 0.25) is 5.91 Å². The third-order valence-electron chi connectivity index (χ3n) is 5.47. The minimum absolute atomic E-state index is 0.261. The number of alkyl halides is 3. The van der Waals surface area contributed by atoms with Crippen LogP contribution in [0.1, 0.15) is 22.8 Å². The van der Waals surface area contributed by atoms with Gasteiger partial charge in [-0.15, -0.1) is 0 Å². The highest BCUT2D eigenvalue weighted by atomic mass is 35.5. The summed E-state index contributed by atoms with van der Waals surface area (Å²) >= 11 is 5.92. The Bertz CT molecular complexity index is 1600. The van der Waals surface area contributed by atoms with Crippen molar-refractivity contribution in [3.63, 3.8) is 0 Å². The van der Waals surface area contributed by atoms with E-state index >= 15 is 0 Å². The first kappa shape index (κ1) is 24.4. The molecule has 0 radical (unpaired) electrons. The van der Waals surface area contributed by atoms with Crippen LogP contribution in [0.4, 0.5) is 18.9 Å². The zero-order valence-electron chi connectivity index (χ0n) is 19.1. The normalized spacial score (nSPS) is 11.9. The summed E-state index contributed by atoms with van der Waals surface area (Å²) < 4.78 is 50.3. The molecule has 37 heavy (non-hydrogen) atoms. The summed E-state index contributed by atoms with van der Waals surface area (Å²) in [5.41, 5.74) is 2.24. The van der Waals surface area contributed by atoms with Gasteiger partial charge in [0.1, 0.15) is 17.0 Å². The van der Waals surface area contributed by atoms with E-state index < -0.39 is 17.6 Å². The Hall–Kier alpha value is -4.30. The number of furan rings is 1. The second-order valence-electron chi connectivity index (χ2n) is 8.20. The quantitative estimate of drug-likeness (QED) is 0.229. The number of halogens is 4. The lowest BCUT2D eigenvalue weighted by atomic mass is 10.1. The predicted molar refractivity (Wildman–Crippen MR) is 135 cm³/mol. The SMILES string of the molecule is O=C(/C=C/c1ccc(-c2cccc(C(F)(F)F)c2)o1)Nc1ccc2oc(Cc3ccc(Cl)cc3)nc2c1. The molecule has 5 nitrogen and oxygen atoms in total. The molecule has 2 aromatic heterocycles. The van der Waals surface area contributed by atoms with Crippen LogP contribution in [0.25, 0.3) is 28.5 Å². The predicted octanol–water partition coefficient (Wildman–Crippen LogP) is 8.00. The van der Waals surface area contributed by atoms with Gasteiger partial charge in [0, 0.05) is 28.8 Å². The molecule has 0 saturated carbocycles. The molecule has 3 aromatic carbocycles. The molecule has 0 spiro atoms. The fourth-order valence-corrected chi connectivity index (χ4v) is 3.82. The standard InChI is InChI=1S/C28H18ClF3N2O3/c29-20-6-4-17(5-7-20)14-27-34-23-16-21(8-11-25(23)37-27)33-26(35)13-10-22-9-12-24(36-22)18-2-1-3-19(15-18)28(30,31)32/h1-13,15-16H,14H2,(H,33,35)/b13-10+. The monoisotopic (exact) mass is 522 g/mol. The van der Waals surface area contributed by atoms with Crippen molar-refractivity contribution >= 4 is 40.4 Å². The Morgan fingerprint density at radius 3 is 2.57 bits per heavy atom. The van der Waals surface area contributed by atoms with E-state index in [1.54, 1.807) is 42.5 Å². The Labute approximate surface area is 214 Å². The van der Waals surface area contributed by atoms with Gasteiger partial charge in [-0.05, 0) is 66.2 Å². The van der Waals surface area contributed by atoms with Crippen molar-refractivity contribution in [2.24, 2.45) is 0 Å². The second-order valence-corrected chi connectivity index (χ2v) is 8.63. The number of oxazole rings is 1. The van der Waals surface area contributed by atoms with Crippen LogP contribution >= 0.6 is 11.6 Å². The second kappa shape index (κ2) is 9.99. The van der Waals surface area contributed by atoms with E-state index in [-0.39, 0.29) is 11.3 Å². The van der Waals surface area contributed by atoms with Crippen LogP contribution in [0, 0.1) is 0 Å². The summed E-state index contributed by atoms with van der Waals surface area (Å²) in [4.78, 5) is 16.9. The molecule has 1 N–H and O–H groups in total. The Kier molecular flexibility index (Phi) is 6.58. The van der Waals surface area contributed by atoms with E-state index in [1.807, 2.05) is 12.1 Å². The molecule has 5 aromatic rings. The van der Waals surface area contributed by atoms with Gasteiger partial charge in [-0.1, -0.05) is 35.9 Å². The number of rotatable bonds is 6. The van der Waals surface area contributed by atoms with E-state index in [0.717, 1.165) is 17.7 Å². The van der Waals surface area contributed by atoms with Gasteiger partial charge in [-0.3, -0.25) is 4.79 Å². The average molecular weight is 523 g/mol. The largest absolute Gasteiger partial charge is 0.457 e. The van der Waals surface area contributed by atoms with Crippen LogP contribution in [0.5, 0.6) is 0 Å². The van der Waals surface area contributed by atoms with Crippen LogP contribution < -0.4 is 5.32 Å². The molecule has 2 heterocycles. The third-order valence-corrected chi connectivity index (χ3v) is 5.72. The summed E-state index contributed by atoms with van der Waals surface area (Å²) in [7, 11) is 0. The summed E-state index contributed by atoms with van der Waals surface area (Å²) in [5.74, 6) is 0.703. The van der Waals surface area contributed by atoms with Crippen molar-refractivity contribution in [2.45, 2.75) is 12.6 Å². The van der Waals surface area contributed by atoms with Crippen molar-refractivity contribution in [1.29, 1.82) is 0 Å². The summed E-state index contributed by atoms with van der Waals surface area (Å²) in [6.45, 7) is 0. The van der Waals surface area contributed by atoms with Crippen molar-refractivity contribution in [1.82, 2.24) is 4.98 Å². The van der Waals surface area contributed by atoms with E-state index in [0.29, 0.717) is 39.9 Å². The topological polar surface area (TPSA) is 68.3 Å². The van der Waals surface area contributed by atoms with Gasteiger partial charge in [-0.2, -0.15) is 13.2 Å². The number of amides is 1. The molecule has 0 bridgehead atoms. The number of carbonyl (C=O) groups excluding carboxylic acids is 1. The van der Waals surface area contributed by atoms with Crippen LogP contribution in [0.3, 0.4) is 0 Å². The highest BCUT2D eigenvalue weighted by molar-refractivity contribution is 6.30. The Morgan fingerprint density at radius 1 is 0.973 bits per heavy atom. The number of anilines is 1. The molecule has 5 rings (SSSR count). The van der Waals surface area contributed by atoms with Crippen LogP contribution in [0.15, 0.2) is 93.8 Å². The number of hydrogen-bond acceptors (Lipinski definition) is 4. The molecule has 0 saturated heterocycles. The molecule has 0 aliphatic heterocycles. The number of aromatic nitrogens is 1. The van der Waals surface area contributed by atoms with Gasteiger partial charge in [0.05, 0.1) is 5.56 Å². The van der Waals surface area contributed by atoms with E-state index in [2.05, 4.69) is 10.3 Å². The number of fused-ring (bicyclic) bond motifs is 1. The molecule has 186 valence electrons. The zero-order chi connectivity index (χ0) is 26.0. The average Bonchev–Trinajstić information content (AvgIpc) is 3.50. The van der Waals surface area contributed by atoms with Gasteiger partial charge in [0.25, 0.3) is 0 Å². The number of carbonyl (C=O) groups is 1. The third kappa shape index (κ3) is 5.92. The minimum Gasteiger partial charge on any atom is -0.457 e. The van der Waals surface area contributed by atoms with E-state index in [4.69, 9.17) is 20.4 Å². The minimum atomic E-state index is -4.45. The van der Waals surface area contributed by atoms with Crippen molar-refractivity contribution < 1.29 is 26.8 Å². The molecule has 0 aliphatic rings. The van der Waals surface area contributed by atoms with E-state index in [1.165, 1.54) is 24.3 Å². The Morgan fingerprint density at radius 2 is 1.78 bits per heavy atom. The van der Waals surface area contributed by atoms with Crippen LogP contribution in [-0.2, 0) is 17.4 Å². The first-order valence-electron chi connectivity index (χ1n) is 11.1. The van der Waals surface area contributed by atoms with Gasteiger partial charge < -0.3 is 14.2 Å². The lowest BCUT2D eigenvalue weighted by Gasteiger charge is -2.07. The fourth-order valence-electron chi connectivity index (χ4n) is 3.69. The molecule has 0 unspecified atom stereocenters. The van der Waals surface area contributed by atoms with Crippen LogP contribution in [0.2, 0.25) is 5.02 Å². The molecule has 9 heteroatoms. The highest BCUT2D eigenvalue weighted by Crippen LogP contribution is 2.33. The lowest BCUT2D eigenvalue weighted by molar-refractivity contribution is -0.137. The molecule has 0 atom stereocenters. The highest BCUT2D eigenvalue weighted by Gasteiger charge is 2.30. The summed E-state index contributed by atoms with van der Waals surface area (Å²) in [6, 6.07) is 20.5. The van der Waals surface area contributed by atoms with Crippen molar-refractivity contribution in [3.8, 4) is 11.3 Å². The van der Waals surface area contributed by atoms with Crippen LogP contribution in [-0.4, -0.2) is 10.9 Å². The number of nitrogens with one attached hydrogen (secondary N) is 1. The molecule has 0 aliphatic carbocycles. The number of hydrogen-bond donors (Lipinski definition) is 1. The first-order valence-corrected chi connectivity index (χ1v) is 11.5. The Balaban J connectivity index is 1.24. The number of nitrogens with zero attached hydrogens (tertiary/aromatic N) is 1. The lowest BCUT2D eigenvalue weighted by Crippen LogP contribution is -2.07. The maximum Gasteiger partial charge on any atom is 0.416 e. The smallest absolute Gasteiger partial charge is 0.416 e. The zero-order valence-corrected chi connectivity index (χ0v) is 19.8. The first-order chi connectivity index (χ1) is 17.7.